The van der Waals surface area contributed by atoms with Crippen LogP contribution in [0, 0.1) is 5.92 Å². The molecule has 2 rings (SSSR count). The monoisotopic (exact) mass is 452 g/mol. The topological polar surface area (TPSA) is 104 Å². The van der Waals surface area contributed by atoms with Crippen molar-refractivity contribution >= 4 is 23.7 Å². The van der Waals surface area contributed by atoms with Crippen LogP contribution in [0.25, 0.3) is 0 Å². The molecular formula is C26H32N2O5. The van der Waals surface area contributed by atoms with Crippen molar-refractivity contribution in [2.75, 3.05) is 0 Å². The number of aliphatic carboxylic acids is 1. The molecule has 0 spiro atoms. The Morgan fingerprint density at radius 2 is 1.21 bits per heavy atom. The Balaban J connectivity index is 2.10. The highest BCUT2D eigenvalue weighted by atomic mass is 16.4. The minimum absolute atomic E-state index is 0.141. The van der Waals surface area contributed by atoms with Gasteiger partial charge in [0.05, 0.1) is 0 Å². The van der Waals surface area contributed by atoms with E-state index >= 15 is 0 Å². The van der Waals surface area contributed by atoms with E-state index in [2.05, 4.69) is 12.3 Å². The molecule has 33 heavy (non-hydrogen) atoms. The molecule has 0 aliphatic rings. The highest BCUT2D eigenvalue weighted by Crippen LogP contribution is 2.15. The van der Waals surface area contributed by atoms with Crippen LogP contribution in [-0.2, 0) is 9.59 Å². The number of amides is 3. The summed E-state index contributed by atoms with van der Waals surface area (Å²) in [5, 5.41) is 10.2. The molecule has 2 N–H and O–H groups in total. The van der Waals surface area contributed by atoms with Crippen molar-refractivity contribution in [1.82, 2.24) is 10.4 Å². The lowest BCUT2D eigenvalue weighted by Crippen LogP contribution is -2.52. The largest absolute Gasteiger partial charge is 0.481 e. The Kier molecular flexibility index (Phi) is 10.8. The van der Waals surface area contributed by atoms with E-state index < -0.39 is 29.6 Å². The summed E-state index contributed by atoms with van der Waals surface area (Å²) >= 11 is 0. The number of unbranched alkanes of at least 4 members (excludes halogenated alkanes) is 6. The van der Waals surface area contributed by atoms with Gasteiger partial charge in [-0.3, -0.25) is 24.6 Å². The Hall–Kier alpha value is -3.48. The van der Waals surface area contributed by atoms with E-state index in [1.165, 1.54) is 30.7 Å². The van der Waals surface area contributed by atoms with E-state index in [1.807, 2.05) is 0 Å². The van der Waals surface area contributed by atoms with Gasteiger partial charge >= 0.3 is 5.97 Å². The summed E-state index contributed by atoms with van der Waals surface area (Å²) in [5.41, 5.74) is 2.67. The van der Waals surface area contributed by atoms with E-state index in [4.69, 9.17) is 0 Å². The van der Waals surface area contributed by atoms with Gasteiger partial charge < -0.3 is 5.11 Å². The zero-order chi connectivity index (χ0) is 24.1. The Bertz CT molecular complexity index is 863. The number of carboxylic acids is 1. The number of carbonyl (C=O) groups is 4. The molecule has 0 heterocycles. The molecule has 2 aromatic rings. The van der Waals surface area contributed by atoms with Crippen LogP contribution >= 0.6 is 0 Å². The van der Waals surface area contributed by atoms with Crippen LogP contribution in [0.3, 0.4) is 0 Å². The van der Waals surface area contributed by atoms with Gasteiger partial charge in [-0.2, -0.15) is 5.01 Å². The van der Waals surface area contributed by atoms with Gasteiger partial charge in [0.25, 0.3) is 17.7 Å². The van der Waals surface area contributed by atoms with Crippen LogP contribution in [0.5, 0.6) is 0 Å². The van der Waals surface area contributed by atoms with Gasteiger partial charge in [-0.05, 0) is 30.7 Å². The quantitative estimate of drug-likeness (QED) is 0.207. The fourth-order valence-electron chi connectivity index (χ4n) is 3.47. The normalized spacial score (nSPS) is 11.4. The molecule has 0 aliphatic heterocycles. The van der Waals surface area contributed by atoms with Crippen LogP contribution in [0.15, 0.2) is 60.7 Å². The molecule has 7 nitrogen and oxygen atoms in total. The minimum Gasteiger partial charge on any atom is -0.481 e. The first-order valence-corrected chi connectivity index (χ1v) is 11.5. The summed E-state index contributed by atoms with van der Waals surface area (Å²) in [6.07, 6.45) is 7.11. The van der Waals surface area contributed by atoms with Crippen LogP contribution in [0.1, 0.15) is 79.0 Å². The number of hydrazine groups is 1. The number of carboxylic acid groups (broad SMARTS) is 1. The number of benzene rings is 2. The van der Waals surface area contributed by atoms with Crippen LogP contribution < -0.4 is 5.43 Å². The SMILES string of the molecule is CCCCCCCCCC(C(=O)O)C(=O)NN(C(=O)c1ccccc1)C(=O)c1ccccc1. The predicted molar refractivity (Wildman–Crippen MR) is 125 cm³/mol. The minimum atomic E-state index is -1.35. The number of carbonyl (C=O) groups excluding carboxylic acids is 3. The van der Waals surface area contributed by atoms with Crippen LogP contribution in [-0.4, -0.2) is 33.8 Å². The maximum atomic E-state index is 13.0. The van der Waals surface area contributed by atoms with Crippen molar-refractivity contribution in [3.8, 4) is 0 Å². The number of hydrogen-bond donors (Lipinski definition) is 2. The third kappa shape index (κ3) is 8.18. The first-order valence-electron chi connectivity index (χ1n) is 11.5. The van der Waals surface area contributed by atoms with Crippen LogP contribution in [0.2, 0.25) is 0 Å². The molecule has 0 aromatic heterocycles. The smallest absolute Gasteiger partial charge is 0.316 e. The van der Waals surface area contributed by atoms with Crippen molar-refractivity contribution in [3.05, 3.63) is 71.8 Å². The average Bonchev–Trinajstić information content (AvgIpc) is 2.84. The van der Waals surface area contributed by atoms with Gasteiger partial charge in [-0.15, -0.1) is 0 Å². The molecule has 3 amide bonds. The van der Waals surface area contributed by atoms with E-state index in [0.29, 0.717) is 11.4 Å². The Morgan fingerprint density at radius 3 is 1.67 bits per heavy atom. The lowest BCUT2D eigenvalue weighted by atomic mass is 9.99. The zero-order valence-electron chi connectivity index (χ0n) is 19.0. The number of nitrogens with one attached hydrogen (secondary N) is 1. The molecule has 0 aliphatic carbocycles. The second kappa shape index (κ2) is 13.8. The molecule has 176 valence electrons. The number of rotatable bonds is 12. The highest BCUT2D eigenvalue weighted by Gasteiger charge is 2.32. The molecule has 0 saturated heterocycles. The molecular weight excluding hydrogens is 420 g/mol. The average molecular weight is 453 g/mol. The van der Waals surface area contributed by atoms with Gasteiger partial charge in [0, 0.05) is 11.1 Å². The van der Waals surface area contributed by atoms with Gasteiger partial charge in [0.15, 0.2) is 0 Å². The van der Waals surface area contributed by atoms with Crippen molar-refractivity contribution in [3.63, 3.8) is 0 Å². The van der Waals surface area contributed by atoms with Gasteiger partial charge in [0.2, 0.25) is 0 Å². The molecule has 0 bridgehead atoms. The predicted octanol–water partition coefficient (Wildman–Crippen LogP) is 4.84. The highest BCUT2D eigenvalue weighted by molar-refractivity contribution is 6.11. The summed E-state index contributed by atoms with van der Waals surface area (Å²) in [5.74, 6) is -4.99. The molecule has 0 fully saturated rings. The van der Waals surface area contributed by atoms with Crippen LogP contribution in [0.4, 0.5) is 0 Å². The fourth-order valence-corrected chi connectivity index (χ4v) is 3.47. The number of imide groups is 1. The Morgan fingerprint density at radius 1 is 0.758 bits per heavy atom. The molecule has 7 heteroatoms. The fraction of sp³-hybridized carbons (Fsp3) is 0.385. The van der Waals surface area contributed by atoms with E-state index in [1.54, 1.807) is 36.4 Å². The lowest BCUT2D eigenvalue weighted by molar-refractivity contribution is -0.148. The molecule has 1 atom stereocenters. The van der Waals surface area contributed by atoms with Gasteiger partial charge in [-0.25, -0.2) is 0 Å². The summed E-state index contributed by atoms with van der Waals surface area (Å²) in [6, 6.07) is 16.1. The Labute approximate surface area is 194 Å². The zero-order valence-corrected chi connectivity index (χ0v) is 19.0. The number of nitrogens with zero attached hydrogens (tertiary/aromatic N) is 1. The summed E-state index contributed by atoms with van der Waals surface area (Å²) in [7, 11) is 0. The van der Waals surface area contributed by atoms with Crippen molar-refractivity contribution in [2.24, 2.45) is 5.92 Å². The van der Waals surface area contributed by atoms with Crippen molar-refractivity contribution in [1.29, 1.82) is 0 Å². The molecule has 0 radical (unpaired) electrons. The maximum absolute atomic E-state index is 13.0. The van der Waals surface area contributed by atoms with Gasteiger partial charge in [-0.1, -0.05) is 88.3 Å². The standard InChI is InChI=1S/C26H32N2O5/c1-2-3-4-5-6-7-14-19-22(26(32)33)23(29)27-28(24(30)20-15-10-8-11-16-20)25(31)21-17-12-9-13-18-21/h8-13,15-18,22H,2-7,14,19H2,1H3,(H,27,29)(H,32,33). The number of hydrogen-bond acceptors (Lipinski definition) is 4. The van der Waals surface area contributed by atoms with Crippen molar-refractivity contribution < 1.29 is 24.3 Å². The second-order valence-electron chi connectivity index (χ2n) is 7.95. The molecule has 0 saturated carbocycles. The van der Waals surface area contributed by atoms with Gasteiger partial charge in [0.1, 0.15) is 5.92 Å². The molecule has 1 unspecified atom stereocenters. The summed E-state index contributed by atoms with van der Waals surface area (Å²) < 4.78 is 0. The molecule has 2 aromatic carbocycles. The van der Waals surface area contributed by atoms with E-state index in [9.17, 15) is 24.3 Å². The third-order valence-electron chi connectivity index (χ3n) is 5.38. The second-order valence-corrected chi connectivity index (χ2v) is 7.95. The first-order chi connectivity index (χ1) is 16.0. The van der Waals surface area contributed by atoms with Crippen molar-refractivity contribution in [2.45, 2.75) is 58.3 Å². The first kappa shape index (κ1) is 25.8. The van der Waals surface area contributed by atoms with E-state index in [0.717, 1.165) is 32.1 Å². The third-order valence-corrected chi connectivity index (χ3v) is 5.38. The lowest BCUT2D eigenvalue weighted by Gasteiger charge is -2.23. The maximum Gasteiger partial charge on any atom is 0.316 e. The summed E-state index contributed by atoms with van der Waals surface area (Å²) in [6.45, 7) is 2.14. The van der Waals surface area contributed by atoms with E-state index in [-0.39, 0.29) is 17.5 Å². The summed E-state index contributed by atoms with van der Waals surface area (Å²) in [4.78, 5) is 50.6.